The van der Waals surface area contributed by atoms with Crippen molar-refractivity contribution in [3.05, 3.63) is 45.4 Å². The summed E-state index contributed by atoms with van der Waals surface area (Å²) in [6.07, 6.45) is 1.12. The van der Waals surface area contributed by atoms with E-state index < -0.39 is 0 Å². The zero-order chi connectivity index (χ0) is 17.8. The van der Waals surface area contributed by atoms with Crippen molar-refractivity contribution in [1.29, 1.82) is 0 Å². The second kappa shape index (κ2) is 9.55. The van der Waals surface area contributed by atoms with Crippen LogP contribution in [-0.2, 0) is 6.54 Å². The van der Waals surface area contributed by atoms with Crippen molar-refractivity contribution >= 4 is 47.0 Å². The molecular formula is C19H28IN5S. The molecule has 1 saturated heterocycles. The van der Waals surface area contributed by atoms with Gasteiger partial charge < -0.3 is 15.5 Å². The van der Waals surface area contributed by atoms with E-state index in [4.69, 9.17) is 0 Å². The number of nitrogens with one attached hydrogen (secondary N) is 2. The van der Waals surface area contributed by atoms with E-state index in [1.165, 1.54) is 16.1 Å². The van der Waals surface area contributed by atoms with E-state index in [1.807, 2.05) is 14.0 Å². The molecule has 0 saturated carbocycles. The molecule has 0 spiro atoms. The minimum atomic E-state index is 0. The molecule has 0 aliphatic carbocycles. The number of benzene rings is 1. The molecule has 1 aromatic heterocycles. The van der Waals surface area contributed by atoms with E-state index in [-0.39, 0.29) is 24.0 Å². The topological polar surface area (TPSA) is 52.6 Å². The van der Waals surface area contributed by atoms with Gasteiger partial charge in [-0.05, 0) is 39.3 Å². The SMILES string of the molecule is CN=C(NCc1sc(C)nc1C)NC1CCN(c2ccc(C)cc2)C1.I. The van der Waals surface area contributed by atoms with Crippen molar-refractivity contribution in [2.45, 2.75) is 39.8 Å². The van der Waals surface area contributed by atoms with Gasteiger partial charge in [0.1, 0.15) is 0 Å². The second-order valence-corrected chi connectivity index (χ2v) is 7.87. The minimum Gasteiger partial charge on any atom is -0.369 e. The summed E-state index contributed by atoms with van der Waals surface area (Å²) in [4.78, 5) is 12.6. The summed E-state index contributed by atoms with van der Waals surface area (Å²) in [6, 6.07) is 9.18. The number of aliphatic imine (C=N–C) groups is 1. The first kappa shape index (κ1) is 21.0. The molecule has 0 amide bonds. The number of rotatable bonds is 4. The molecule has 3 rings (SSSR count). The fourth-order valence-corrected chi connectivity index (χ4v) is 4.03. The Morgan fingerprint density at radius 3 is 2.62 bits per heavy atom. The number of thiazole rings is 1. The van der Waals surface area contributed by atoms with Crippen molar-refractivity contribution in [3.63, 3.8) is 0 Å². The van der Waals surface area contributed by atoms with Crippen LogP contribution in [0.3, 0.4) is 0 Å². The first-order valence-electron chi connectivity index (χ1n) is 8.77. The first-order valence-corrected chi connectivity index (χ1v) is 9.58. The first-order chi connectivity index (χ1) is 12.0. The van der Waals surface area contributed by atoms with Gasteiger partial charge in [-0.2, -0.15) is 0 Å². The Morgan fingerprint density at radius 2 is 2.00 bits per heavy atom. The van der Waals surface area contributed by atoms with Gasteiger partial charge in [0.25, 0.3) is 0 Å². The summed E-state index contributed by atoms with van der Waals surface area (Å²) in [5.41, 5.74) is 3.71. The third kappa shape index (κ3) is 5.33. The van der Waals surface area contributed by atoms with E-state index in [0.717, 1.165) is 42.7 Å². The largest absolute Gasteiger partial charge is 0.369 e. The van der Waals surface area contributed by atoms with Crippen molar-refractivity contribution in [1.82, 2.24) is 15.6 Å². The quantitative estimate of drug-likeness (QED) is 0.395. The lowest BCUT2D eigenvalue weighted by molar-refractivity contribution is 0.649. The van der Waals surface area contributed by atoms with E-state index >= 15 is 0 Å². The molecule has 2 aromatic rings. The van der Waals surface area contributed by atoms with Crippen molar-refractivity contribution in [3.8, 4) is 0 Å². The Morgan fingerprint density at radius 1 is 1.27 bits per heavy atom. The van der Waals surface area contributed by atoms with Crippen LogP contribution in [0.15, 0.2) is 29.3 Å². The Hall–Kier alpha value is -1.35. The molecule has 1 aromatic carbocycles. The molecule has 1 atom stereocenters. The van der Waals surface area contributed by atoms with Crippen LogP contribution >= 0.6 is 35.3 Å². The molecule has 5 nitrogen and oxygen atoms in total. The van der Waals surface area contributed by atoms with Gasteiger partial charge in [-0.3, -0.25) is 4.99 Å². The molecule has 7 heteroatoms. The zero-order valence-electron chi connectivity index (χ0n) is 15.9. The predicted molar refractivity (Wildman–Crippen MR) is 122 cm³/mol. The van der Waals surface area contributed by atoms with E-state index in [0.29, 0.717) is 6.04 Å². The highest BCUT2D eigenvalue weighted by Crippen LogP contribution is 2.21. The molecule has 1 aliphatic heterocycles. The number of nitrogens with zero attached hydrogens (tertiary/aromatic N) is 3. The molecule has 0 bridgehead atoms. The second-order valence-electron chi connectivity index (χ2n) is 6.58. The average Bonchev–Trinajstić information content (AvgIpc) is 3.18. The lowest BCUT2D eigenvalue weighted by Gasteiger charge is -2.20. The maximum atomic E-state index is 4.48. The Kier molecular flexibility index (Phi) is 7.69. The van der Waals surface area contributed by atoms with Crippen LogP contribution in [0.25, 0.3) is 0 Å². The Labute approximate surface area is 177 Å². The summed E-state index contributed by atoms with van der Waals surface area (Å²) < 4.78 is 0. The number of guanidine groups is 1. The summed E-state index contributed by atoms with van der Waals surface area (Å²) in [5.74, 6) is 0.862. The van der Waals surface area contributed by atoms with Crippen LogP contribution in [0, 0.1) is 20.8 Å². The number of hydrogen-bond acceptors (Lipinski definition) is 4. The summed E-state index contributed by atoms with van der Waals surface area (Å²) in [6.45, 7) is 9.08. The molecule has 1 aliphatic rings. The van der Waals surface area contributed by atoms with Crippen LogP contribution in [0.1, 0.15) is 27.6 Å². The fourth-order valence-electron chi connectivity index (χ4n) is 3.16. The van der Waals surface area contributed by atoms with Crippen LogP contribution < -0.4 is 15.5 Å². The normalized spacial score (nSPS) is 17.2. The molecular weight excluding hydrogens is 457 g/mol. The van der Waals surface area contributed by atoms with Gasteiger partial charge in [0.05, 0.1) is 17.2 Å². The van der Waals surface area contributed by atoms with Gasteiger partial charge in [-0.25, -0.2) is 4.98 Å². The highest BCUT2D eigenvalue weighted by Gasteiger charge is 2.23. The maximum absolute atomic E-state index is 4.48. The Bertz CT molecular complexity index is 741. The molecule has 142 valence electrons. The monoisotopic (exact) mass is 485 g/mol. The molecule has 2 heterocycles. The van der Waals surface area contributed by atoms with Crippen LogP contribution in [-0.4, -0.2) is 37.1 Å². The highest BCUT2D eigenvalue weighted by molar-refractivity contribution is 14.0. The van der Waals surface area contributed by atoms with Crippen LogP contribution in [0.4, 0.5) is 5.69 Å². The average molecular weight is 485 g/mol. The van der Waals surface area contributed by atoms with Gasteiger partial charge >= 0.3 is 0 Å². The van der Waals surface area contributed by atoms with Crippen molar-refractivity contribution < 1.29 is 0 Å². The summed E-state index contributed by atoms with van der Waals surface area (Å²) in [7, 11) is 1.83. The lowest BCUT2D eigenvalue weighted by Crippen LogP contribution is -2.44. The molecule has 2 N–H and O–H groups in total. The Balaban J connectivity index is 0.00000243. The highest BCUT2D eigenvalue weighted by atomic mass is 127. The molecule has 1 unspecified atom stereocenters. The van der Waals surface area contributed by atoms with E-state index in [9.17, 15) is 0 Å². The molecule has 0 radical (unpaired) electrons. The smallest absolute Gasteiger partial charge is 0.191 e. The third-order valence-electron chi connectivity index (χ3n) is 4.57. The van der Waals surface area contributed by atoms with Crippen molar-refractivity contribution in [2.75, 3.05) is 25.0 Å². The van der Waals surface area contributed by atoms with Crippen LogP contribution in [0.2, 0.25) is 0 Å². The summed E-state index contributed by atoms with van der Waals surface area (Å²) >= 11 is 1.74. The number of anilines is 1. The zero-order valence-corrected chi connectivity index (χ0v) is 19.0. The number of aromatic nitrogens is 1. The van der Waals surface area contributed by atoms with E-state index in [2.05, 4.69) is 63.6 Å². The van der Waals surface area contributed by atoms with Gasteiger partial charge in [-0.15, -0.1) is 35.3 Å². The molecule has 1 fully saturated rings. The van der Waals surface area contributed by atoms with Gasteiger partial charge in [0.15, 0.2) is 5.96 Å². The van der Waals surface area contributed by atoms with Gasteiger partial charge in [-0.1, -0.05) is 17.7 Å². The van der Waals surface area contributed by atoms with Crippen LogP contribution in [0.5, 0.6) is 0 Å². The van der Waals surface area contributed by atoms with Gasteiger partial charge in [0, 0.05) is 36.7 Å². The molecule has 26 heavy (non-hydrogen) atoms. The van der Waals surface area contributed by atoms with Crippen molar-refractivity contribution in [2.24, 2.45) is 4.99 Å². The predicted octanol–water partition coefficient (Wildman–Crippen LogP) is 3.63. The maximum Gasteiger partial charge on any atom is 0.191 e. The number of aryl methyl sites for hydroxylation is 3. The lowest BCUT2D eigenvalue weighted by atomic mass is 10.2. The third-order valence-corrected chi connectivity index (χ3v) is 5.64. The standard InChI is InChI=1S/C19H27N5S.HI/c1-13-5-7-17(8-6-13)24-10-9-16(12-24)23-19(20-4)21-11-18-14(2)22-15(3)25-18;/h5-8,16H,9-12H2,1-4H3,(H2,20,21,23);1H. The minimum absolute atomic E-state index is 0. The number of halogens is 1. The summed E-state index contributed by atoms with van der Waals surface area (Å²) in [5, 5.41) is 8.09. The number of hydrogen-bond donors (Lipinski definition) is 2. The fraction of sp³-hybridized carbons (Fsp3) is 0.474. The van der Waals surface area contributed by atoms with Gasteiger partial charge in [0.2, 0.25) is 0 Å². The van der Waals surface area contributed by atoms with E-state index in [1.54, 1.807) is 11.3 Å².